The van der Waals surface area contributed by atoms with Crippen LogP contribution >= 0.6 is 11.6 Å². The summed E-state index contributed by atoms with van der Waals surface area (Å²) in [6.07, 6.45) is 1.39. The molecule has 0 aliphatic carbocycles. The fourth-order valence-corrected chi connectivity index (χ4v) is 1.36. The van der Waals surface area contributed by atoms with E-state index in [0.29, 0.717) is 21.9 Å². The molecule has 0 aliphatic heterocycles. The Kier molecular flexibility index (Phi) is 1.61. The molecular weight excluding hydrogens is 188 g/mol. The van der Waals surface area contributed by atoms with Gasteiger partial charge in [-0.1, -0.05) is 11.6 Å². The van der Waals surface area contributed by atoms with E-state index >= 15 is 0 Å². The maximum absolute atomic E-state index is 8.67. The summed E-state index contributed by atoms with van der Waals surface area (Å²) >= 11 is 5.92. The number of nitrogens with zero attached hydrogens (tertiary/aromatic N) is 3. The van der Waals surface area contributed by atoms with Gasteiger partial charge in [-0.25, -0.2) is 4.52 Å². The van der Waals surface area contributed by atoms with E-state index in [4.69, 9.17) is 22.6 Å². The highest BCUT2D eigenvalue weighted by atomic mass is 35.5. The molecule has 2 aromatic heterocycles. The zero-order valence-corrected chi connectivity index (χ0v) is 7.28. The quantitative estimate of drug-likeness (QED) is 0.687. The summed E-state index contributed by atoms with van der Waals surface area (Å²) in [4.78, 5) is 0. The van der Waals surface area contributed by atoms with Gasteiger partial charge < -0.3 is 5.73 Å². The Morgan fingerprint density at radius 2 is 2.31 bits per heavy atom. The molecule has 0 atom stereocenters. The van der Waals surface area contributed by atoms with E-state index < -0.39 is 0 Å². The zero-order chi connectivity index (χ0) is 9.42. The van der Waals surface area contributed by atoms with Crippen LogP contribution in [0.15, 0.2) is 18.3 Å². The van der Waals surface area contributed by atoms with Gasteiger partial charge >= 0.3 is 0 Å². The first-order chi connectivity index (χ1) is 6.24. The van der Waals surface area contributed by atoms with Gasteiger partial charge in [-0.05, 0) is 12.1 Å². The van der Waals surface area contributed by atoms with E-state index in [9.17, 15) is 0 Å². The summed E-state index contributed by atoms with van der Waals surface area (Å²) in [5.41, 5.74) is 6.60. The lowest BCUT2D eigenvalue weighted by molar-refractivity contribution is 0.948. The minimum atomic E-state index is 0.354. The van der Waals surface area contributed by atoms with Gasteiger partial charge in [0.1, 0.15) is 11.9 Å². The van der Waals surface area contributed by atoms with Gasteiger partial charge in [0.25, 0.3) is 0 Å². The molecule has 2 aromatic rings. The smallest absolute Gasteiger partial charge is 0.125 e. The van der Waals surface area contributed by atoms with Crippen molar-refractivity contribution in [2.75, 3.05) is 5.73 Å². The Labute approximate surface area is 79.1 Å². The monoisotopic (exact) mass is 192 g/mol. The van der Waals surface area contributed by atoms with E-state index in [2.05, 4.69) is 5.10 Å². The number of anilines is 1. The molecule has 0 unspecified atom stereocenters. The predicted molar refractivity (Wildman–Crippen MR) is 49.3 cm³/mol. The lowest BCUT2D eigenvalue weighted by Gasteiger charge is -1.99. The van der Waals surface area contributed by atoms with Crippen molar-refractivity contribution >= 4 is 22.9 Å². The Balaban J connectivity index is 2.90. The number of hydrogen-bond donors (Lipinski definition) is 1. The third-order valence-electron chi connectivity index (χ3n) is 1.77. The van der Waals surface area contributed by atoms with Crippen LogP contribution in [-0.4, -0.2) is 9.61 Å². The standard InChI is InChI=1S/C8H5ClN4/c9-8-5(3-10)4-12-13-6(8)1-2-7(13)11/h1-2,4H,11H2. The third kappa shape index (κ3) is 1.02. The molecule has 0 saturated carbocycles. The molecule has 0 aliphatic rings. The summed E-state index contributed by atoms with van der Waals surface area (Å²) < 4.78 is 1.49. The number of rotatable bonds is 0. The van der Waals surface area contributed by atoms with E-state index in [1.54, 1.807) is 12.1 Å². The summed E-state index contributed by atoms with van der Waals surface area (Å²) in [5, 5.41) is 13.0. The van der Waals surface area contributed by atoms with Crippen molar-refractivity contribution < 1.29 is 0 Å². The highest BCUT2D eigenvalue weighted by Gasteiger charge is 2.07. The molecule has 0 fully saturated rings. The second-order valence-electron chi connectivity index (χ2n) is 2.54. The van der Waals surface area contributed by atoms with Gasteiger partial charge in [0.2, 0.25) is 0 Å². The van der Waals surface area contributed by atoms with Gasteiger partial charge in [-0.15, -0.1) is 0 Å². The number of nitriles is 1. The Morgan fingerprint density at radius 3 is 3.00 bits per heavy atom. The van der Waals surface area contributed by atoms with Gasteiger partial charge in [0.05, 0.1) is 22.3 Å². The number of nitrogen functional groups attached to an aromatic ring is 1. The van der Waals surface area contributed by atoms with Crippen molar-refractivity contribution in [2.24, 2.45) is 0 Å². The molecule has 64 valence electrons. The largest absolute Gasteiger partial charge is 0.384 e. The topological polar surface area (TPSA) is 67.1 Å². The molecular formula is C8H5ClN4. The highest BCUT2D eigenvalue weighted by molar-refractivity contribution is 6.35. The van der Waals surface area contributed by atoms with Gasteiger partial charge in [-0.2, -0.15) is 10.4 Å². The summed E-state index contributed by atoms with van der Waals surface area (Å²) in [5.74, 6) is 0.501. The second-order valence-corrected chi connectivity index (χ2v) is 2.92. The molecule has 0 amide bonds. The minimum absolute atomic E-state index is 0.354. The average Bonchev–Trinajstić information content (AvgIpc) is 2.50. The van der Waals surface area contributed by atoms with Crippen LogP contribution in [0.4, 0.5) is 5.82 Å². The fraction of sp³-hybridized carbons (Fsp3) is 0. The third-order valence-corrected chi connectivity index (χ3v) is 2.17. The molecule has 2 heterocycles. The van der Waals surface area contributed by atoms with Crippen LogP contribution in [-0.2, 0) is 0 Å². The van der Waals surface area contributed by atoms with Crippen LogP contribution in [0.2, 0.25) is 5.02 Å². The van der Waals surface area contributed by atoms with Crippen molar-refractivity contribution in [3.05, 3.63) is 28.9 Å². The van der Waals surface area contributed by atoms with Crippen molar-refractivity contribution in [2.45, 2.75) is 0 Å². The highest BCUT2D eigenvalue weighted by Crippen LogP contribution is 2.22. The zero-order valence-electron chi connectivity index (χ0n) is 6.53. The number of hydrogen-bond acceptors (Lipinski definition) is 3. The first kappa shape index (κ1) is 7.90. The average molecular weight is 193 g/mol. The van der Waals surface area contributed by atoms with Crippen molar-refractivity contribution in [1.29, 1.82) is 5.26 Å². The number of fused-ring (bicyclic) bond motifs is 1. The molecule has 0 spiro atoms. The number of aromatic nitrogens is 2. The summed E-state index contributed by atoms with van der Waals surface area (Å²) in [6.45, 7) is 0. The lowest BCUT2D eigenvalue weighted by atomic mass is 10.3. The molecule has 0 radical (unpaired) electrons. The van der Waals surface area contributed by atoms with Crippen LogP contribution < -0.4 is 5.73 Å². The van der Waals surface area contributed by atoms with Crippen LogP contribution in [0.3, 0.4) is 0 Å². The van der Waals surface area contributed by atoms with Crippen LogP contribution in [0.5, 0.6) is 0 Å². The van der Waals surface area contributed by atoms with E-state index in [0.717, 1.165) is 0 Å². The molecule has 2 rings (SSSR count). The van der Waals surface area contributed by atoms with E-state index in [-0.39, 0.29) is 0 Å². The first-order valence-electron chi connectivity index (χ1n) is 3.56. The lowest BCUT2D eigenvalue weighted by Crippen LogP contribution is -1.97. The predicted octanol–water partition coefficient (Wildman–Crippen LogP) is 1.44. The SMILES string of the molecule is N#Cc1cnn2c(N)ccc2c1Cl. The fourth-order valence-electron chi connectivity index (χ4n) is 1.13. The molecule has 5 heteroatoms. The molecule has 4 nitrogen and oxygen atoms in total. The second kappa shape index (κ2) is 2.64. The van der Waals surface area contributed by atoms with Crippen molar-refractivity contribution in [1.82, 2.24) is 9.61 Å². The Hall–Kier alpha value is -1.73. The van der Waals surface area contributed by atoms with E-state index in [1.807, 2.05) is 6.07 Å². The number of halogens is 1. The normalized spacial score (nSPS) is 10.2. The van der Waals surface area contributed by atoms with Gasteiger partial charge in [0.15, 0.2) is 0 Å². The van der Waals surface area contributed by atoms with Crippen LogP contribution in [0.25, 0.3) is 5.52 Å². The molecule has 0 saturated heterocycles. The maximum atomic E-state index is 8.67. The van der Waals surface area contributed by atoms with Gasteiger partial charge in [-0.3, -0.25) is 0 Å². The number of nitrogens with two attached hydrogens (primary N) is 1. The van der Waals surface area contributed by atoms with Gasteiger partial charge in [0, 0.05) is 0 Å². The van der Waals surface area contributed by atoms with Crippen molar-refractivity contribution in [3.63, 3.8) is 0 Å². The Bertz CT molecular complexity index is 509. The minimum Gasteiger partial charge on any atom is -0.384 e. The summed E-state index contributed by atoms with van der Waals surface area (Å²) in [6, 6.07) is 5.37. The maximum Gasteiger partial charge on any atom is 0.125 e. The molecule has 2 N–H and O–H groups in total. The Morgan fingerprint density at radius 1 is 1.54 bits per heavy atom. The van der Waals surface area contributed by atoms with Crippen LogP contribution in [0, 0.1) is 11.3 Å². The first-order valence-corrected chi connectivity index (χ1v) is 3.93. The van der Waals surface area contributed by atoms with Crippen molar-refractivity contribution in [3.8, 4) is 6.07 Å². The molecule has 0 bridgehead atoms. The van der Waals surface area contributed by atoms with E-state index in [1.165, 1.54) is 10.7 Å². The summed E-state index contributed by atoms with van der Waals surface area (Å²) in [7, 11) is 0. The molecule has 13 heavy (non-hydrogen) atoms. The molecule has 0 aromatic carbocycles. The van der Waals surface area contributed by atoms with Crippen LogP contribution in [0.1, 0.15) is 5.56 Å².